The molecule has 5 nitrogen and oxygen atoms in total. The Morgan fingerprint density at radius 3 is 2.43 bits per heavy atom. The number of hydrogen-bond donors (Lipinski definition) is 0. The van der Waals surface area contributed by atoms with E-state index in [0.717, 1.165) is 19.3 Å². The van der Waals surface area contributed by atoms with Crippen LogP contribution in [0.3, 0.4) is 0 Å². The van der Waals surface area contributed by atoms with Gasteiger partial charge in [-0.25, -0.2) is 12.7 Å². The minimum absolute atomic E-state index is 0.0128. The van der Waals surface area contributed by atoms with Gasteiger partial charge in [0.2, 0.25) is 10.0 Å². The van der Waals surface area contributed by atoms with E-state index >= 15 is 0 Å². The van der Waals surface area contributed by atoms with E-state index < -0.39 is 15.4 Å². The minimum atomic E-state index is -3.29. The minimum Gasteiger partial charge on any atom is -0.469 e. The molecule has 1 saturated carbocycles. The van der Waals surface area contributed by atoms with E-state index in [1.54, 1.807) is 4.31 Å². The summed E-state index contributed by atoms with van der Waals surface area (Å²) in [6.07, 6.45) is 2.32. The van der Waals surface area contributed by atoms with Gasteiger partial charge in [-0.3, -0.25) is 4.79 Å². The van der Waals surface area contributed by atoms with Crippen molar-refractivity contribution >= 4 is 27.6 Å². The number of alkyl halides is 1. The second kappa shape index (κ2) is 5.70. The number of esters is 1. The number of halogens is 1. The molecular formula is C14H24ClNO4S. The average Bonchev–Trinajstić information content (AvgIpc) is 3.11. The fourth-order valence-corrected chi connectivity index (χ4v) is 5.43. The maximum absolute atomic E-state index is 12.4. The van der Waals surface area contributed by atoms with Crippen molar-refractivity contribution in [2.45, 2.75) is 33.1 Å². The second-order valence-corrected chi connectivity index (χ2v) is 9.33. The quantitative estimate of drug-likeness (QED) is 0.567. The highest BCUT2D eigenvalue weighted by atomic mass is 35.5. The van der Waals surface area contributed by atoms with Crippen LogP contribution in [0, 0.1) is 16.7 Å². The van der Waals surface area contributed by atoms with E-state index in [1.165, 1.54) is 7.11 Å². The van der Waals surface area contributed by atoms with Gasteiger partial charge in [-0.05, 0) is 30.1 Å². The first kappa shape index (κ1) is 17.0. The van der Waals surface area contributed by atoms with Crippen LogP contribution in [0.1, 0.15) is 33.1 Å². The van der Waals surface area contributed by atoms with E-state index in [1.807, 2.05) is 13.8 Å². The highest BCUT2D eigenvalue weighted by Gasteiger charge is 2.59. The van der Waals surface area contributed by atoms with Gasteiger partial charge in [0.1, 0.15) is 0 Å². The Morgan fingerprint density at radius 1 is 1.38 bits per heavy atom. The summed E-state index contributed by atoms with van der Waals surface area (Å²) >= 11 is 5.83. The van der Waals surface area contributed by atoms with E-state index in [-0.39, 0.29) is 23.1 Å². The number of nitrogens with zero attached hydrogens (tertiary/aromatic N) is 1. The number of ether oxygens (including phenoxy) is 1. The van der Waals surface area contributed by atoms with Gasteiger partial charge in [0.25, 0.3) is 0 Å². The maximum atomic E-state index is 12.4. The molecule has 0 aromatic carbocycles. The lowest BCUT2D eigenvalue weighted by molar-refractivity contribution is -0.143. The molecule has 0 amide bonds. The SMILES string of the molecule is COC(=O)[C@@H]1CC12CCN(S(=O)(=O)CC(C)(C)CCl)CC2. The van der Waals surface area contributed by atoms with Gasteiger partial charge in [-0.15, -0.1) is 11.6 Å². The summed E-state index contributed by atoms with van der Waals surface area (Å²) in [6.45, 7) is 4.71. The predicted octanol–water partition coefficient (Wildman–Crippen LogP) is 1.86. The molecule has 2 aliphatic rings. The molecule has 1 atom stereocenters. The summed E-state index contributed by atoms with van der Waals surface area (Å²) in [5.41, 5.74) is -0.440. The van der Waals surface area contributed by atoms with Crippen molar-refractivity contribution in [3.63, 3.8) is 0 Å². The number of carbonyl (C=O) groups is 1. The Bertz CT molecular complexity index is 509. The Morgan fingerprint density at radius 2 is 1.95 bits per heavy atom. The molecule has 0 unspecified atom stereocenters. The highest BCUT2D eigenvalue weighted by molar-refractivity contribution is 7.89. The van der Waals surface area contributed by atoms with Crippen LogP contribution < -0.4 is 0 Å². The molecule has 1 aliphatic heterocycles. The summed E-state index contributed by atoms with van der Waals surface area (Å²) < 4.78 is 31.2. The van der Waals surface area contributed by atoms with Crippen LogP contribution in [-0.4, -0.2) is 50.5 Å². The number of methoxy groups -OCH3 is 1. The summed E-state index contributed by atoms with van der Waals surface area (Å²) in [5.74, 6) is 0.187. The van der Waals surface area contributed by atoms with Crippen molar-refractivity contribution in [2.75, 3.05) is 31.8 Å². The summed E-state index contributed by atoms with van der Waals surface area (Å²) in [4.78, 5) is 11.6. The van der Waals surface area contributed by atoms with E-state index in [4.69, 9.17) is 16.3 Å². The normalized spacial score (nSPS) is 25.8. The predicted molar refractivity (Wildman–Crippen MR) is 81.7 cm³/mol. The Hall–Kier alpha value is -0.330. The topological polar surface area (TPSA) is 63.7 Å². The van der Waals surface area contributed by atoms with Crippen molar-refractivity contribution in [1.29, 1.82) is 0 Å². The smallest absolute Gasteiger partial charge is 0.309 e. The molecule has 21 heavy (non-hydrogen) atoms. The van der Waals surface area contributed by atoms with Crippen LogP contribution in [0.5, 0.6) is 0 Å². The Balaban J connectivity index is 1.94. The highest BCUT2D eigenvalue weighted by Crippen LogP contribution is 2.60. The third-order valence-corrected chi connectivity index (χ3v) is 7.74. The largest absolute Gasteiger partial charge is 0.469 e. The van der Waals surface area contributed by atoms with Gasteiger partial charge in [0.05, 0.1) is 18.8 Å². The molecule has 0 bridgehead atoms. The lowest BCUT2D eigenvalue weighted by Gasteiger charge is -2.34. The zero-order valence-corrected chi connectivity index (χ0v) is 14.5. The van der Waals surface area contributed by atoms with Gasteiger partial charge >= 0.3 is 5.97 Å². The molecule has 1 heterocycles. The standard InChI is InChI=1S/C14H24ClNO4S/c1-13(2,9-15)10-21(18,19)16-6-4-14(5-7-16)8-11(14)12(17)20-3/h11H,4-10H2,1-3H3/t11-/m0/s1. The number of piperidine rings is 1. The zero-order chi connectivity index (χ0) is 15.9. The van der Waals surface area contributed by atoms with Crippen molar-refractivity contribution in [3.8, 4) is 0 Å². The van der Waals surface area contributed by atoms with E-state index in [2.05, 4.69) is 0 Å². The van der Waals surface area contributed by atoms with E-state index in [0.29, 0.717) is 19.0 Å². The first-order chi connectivity index (χ1) is 9.66. The fraction of sp³-hybridized carbons (Fsp3) is 0.929. The molecule has 122 valence electrons. The van der Waals surface area contributed by atoms with Crippen LogP contribution in [0.15, 0.2) is 0 Å². The summed E-state index contributed by atoms with van der Waals surface area (Å²) in [6, 6.07) is 0. The van der Waals surface area contributed by atoms with Gasteiger partial charge in [0.15, 0.2) is 0 Å². The van der Waals surface area contributed by atoms with Crippen molar-refractivity contribution in [3.05, 3.63) is 0 Å². The third kappa shape index (κ3) is 3.54. The lowest BCUT2D eigenvalue weighted by atomic mass is 9.92. The molecule has 2 fully saturated rings. The summed E-state index contributed by atoms with van der Waals surface area (Å²) in [7, 11) is -1.88. The van der Waals surface area contributed by atoms with Crippen LogP contribution in [0.25, 0.3) is 0 Å². The van der Waals surface area contributed by atoms with Gasteiger partial charge in [-0.2, -0.15) is 0 Å². The molecule has 1 saturated heterocycles. The molecular weight excluding hydrogens is 314 g/mol. The van der Waals surface area contributed by atoms with Crippen molar-refractivity contribution in [1.82, 2.24) is 4.31 Å². The lowest BCUT2D eigenvalue weighted by Crippen LogP contribution is -2.43. The molecule has 7 heteroatoms. The van der Waals surface area contributed by atoms with Gasteiger partial charge in [0, 0.05) is 19.0 Å². The molecule has 0 radical (unpaired) electrons. The van der Waals surface area contributed by atoms with Crippen LogP contribution in [0.2, 0.25) is 0 Å². The van der Waals surface area contributed by atoms with Crippen molar-refractivity contribution in [2.24, 2.45) is 16.7 Å². The van der Waals surface area contributed by atoms with Gasteiger partial charge < -0.3 is 4.74 Å². The number of carbonyl (C=O) groups excluding carboxylic acids is 1. The Labute approximate surface area is 132 Å². The van der Waals surface area contributed by atoms with Gasteiger partial charge in [-0.1, -0.05) is 13.8 Å². The average molecular weight is 338 g/mol. The molecule has 1 spiro atoms. The van der Waals surface area contributed by atoms with Crippen LogP contribution in [0.4, 0.5) is 0 Å². The van der Waals surface area contributed by atoms with E-state index in [9.17, 15) is 13.2 Å². The number of hydrogen-bond acceptors (Lipinski definition) is 4. The second-order valence-electron chi connectivity index (χ2n) is 7.10. The number of sulfonamides is 1. The first-order valence-corrected chi connectivity index (χ1v) is 9.42. The fourth-order valence-electron chi connectivity index (χ4n) is 3.21. The number of rotatable bonds is 5. The third-order valence-electron chi connectivity index (χ3n) is 4.72. The Kier molecular flexibility index (Phi) is 4.63. The zero-order valence-electron chi connectivity index (χ0n) is 12.9. The maximum Gasteiger partial charge on any atom is 0.309 e. The summed E-state index contributed by atoms with van der Waals surface area (Å²) in [5, 5.41) is 0. The molecule has 0 aromatic rings. The first-order valence-electron chi connectivity index (χ1n) is 7.27. The molecule has 0 aromatic heterocycles. The molecule has 1 aliphatic carbocycles. The van der Waals surface area contributed by atoms with Crippen LogP contribution >= 0.6 is 11.6 Å². The van der Waals surface area contributed by atoms with Crippen molar-refractivity contribution < 1.29 is 17.9 Å². The molecule has 0 N–H and O–H groups in total. The van der Waals surface area contributed by atoms with Crippen LogP contribution in [-0.2, 0) is 19.6 Å². The monoisotopic (exact) mass is 337 g/mol. The molecule has 2 rings (SSSR count).